The van der Waals surface area contributed by atoms with Gasteiger partial charge >= 0.3 is 0 Å². The zero-order chi connectivity index (χ0) is 27.4. The van der Waals surface area contributed by atoms with Crippen LogP contribution >= 0.6 is 0 Å². The number of Topliss-reactive ketones (excluding diaryl/α,β-unsaturated/α-hetero) is 1. The topological polar surface area (TPSA) is 70.0 Å². The van der Waals surface area contributed by atoms with E-state index in [9.17, 15) is 14.8 Å². The molecular weight excluding hydrogens is 484 g/mol. The van der Waals surface area contributed by atoms with Crippen LogP contribution in [0, 0.1) is 45.3 Å². The van der Waals surface area contributed by atoms with Crippen molar-refractivity contribution in [1.29, 1.82) is 0 Å². The first-order chi connectivity index (χ1) is 18.8. The smallest absolute Gasteiger partial charge is 0.148 e. The van der Waals surface area contributed by atoms with E-state index in [0.29, 0.717) is 17.8 Å². The van der Waals surface area contributed by atoms with Gasteiger partial charge in [-0.15, -0.1) is 0 Å². The fourth-order valence-corrected chi connectivity index (χ4v) is 9.44. The standard InChI is InChI=1S/C34H42N2O3/c1-22-19-29-31-13-15-34(23(2)38,14-6-18-37)33(31,3)21-30(32(29)27-12-9-25(35-39)20-28(22)27)24-7-10-26(11-8-24)36-16-4-5-17-36/h7-8,10-11,20,22,25,29-31,37H,4-5,9,12-13,15-19,21H2,1-3H3/t22?,25?,29-,30?,31-,33-,34+/m0/s1. The summed E-state index contributed by atoms with van der Waals surface area (Å²) in [5.41, 5.74) is 6.02. The highest BCUT2D eigenvalue weighted by atomic mass is 16.3. The number of fused-ring (bicyclic) bond motifs is 4. The van der Waals surface area contributed by atoms with Gasteiger partial charge in [0.25, 0.3) is 0 Å². The molecule has 6 rings (SSSR count). The van der Waals surface area contributed by atoms with Crippen molar-refractivity contribution in [1.82, 2.24) is 0 Å². The van der Waals surface area contributed by atoms with Gasteiger partial charge in [0, 0.05) is 24.7 Å². The summed E-state index contributed by atoms with van der Waals surface area (Å²) in [5, 5.41) is 13.0. The highest BCUT2D eigenvalue weighted by Gasteiger charge is 2.65. The van der Waals surface area contributed by atoms with Gasteiger partial charge in [-0.25, -0.2) is 0 Å². The molecule has 3 unspecified atom stereocenters. The number of rotatable bonds is 4. The zero-order valence-electron chi connectivity index (χ0n) is 23.7. The molecule has 1 aromatic carbocycles. The Bertz CT molecular complexity index is 1280. The maximum absolute atomic E-state index is 13.4. The number of hydrogen-bond acceptors (Lipinski definition) is 5. The molecule has 3 fully saturated rings. The Morgan fingerprint density at radius 2 is 1.92 bits per heavy atom. The van der Waals surface area contributed by atoms with Crippen LogP contribution in [0.1, 0.15) is 83.6 Å². The summed E-state index contributed by atoms with van der Waals surface area (Å²) < 4.78 is 0. The Kier molecular flexibility index (Phi) is 6.82. The minimum atomic E-state index is -0.719. The van der Waals surface area contributed by atoms with Crippen molar-refractivity contribution in [2.75, 3.05) is 24.6 Å². The molecule has 2 saturated carbocycles. The third-order valence-corrected chi connectivity index (χ3v) is 11.3. The fourth-order valence-electron chi connectivity index (χ4n) is 9.44. The Hall–Kier alpha value is -2.71. The van der Waals surface area contributed by atoms with Gasteiger partial charge < -0.3 is 10.0 Å². The number of hydrogen-bond donors (Lipinski definition) is 1. The van der Waals surface area contributed by atoms with E-state index in [2.05, 4.69) is 66.1 Å². The quantitative estimate of drug-likeness (QED) is 0.356. The van der Waals surface area contributed by atoms with Gasteiger partial charge in [-0.2, -0.15) is 4.91 Å². The number of carbonyl (C=O) groups excluding carboxylic acids is 1. The summed E-state index contributed by atoms with van der Waals surface area (Å²) in [6, 6.07) is 9.03. The zero-order valence-corrected chi connectivity index (χ0v) is 23.7. The van der Waals surface area contributed by atoms with Gasteiger partial charge in [0.1, 0.15) is 18.4 Å². The van der Waals surface area contributed by atoms with Crippen LogP contribution in [-0.4, -0.2) is 36.6 Å². The van der Waals surface area contributed by atoms with E-state index in [0.717, 1.165) is 51.6 Å². The molecule has 0 radical (unpaired) electrons. The number of aliphatic hydroxyl groups is 1. The number of benzene rings is 1. The minimum absolute atomic E-state index is 0.148. The molecule has 0 bridgehead atoms. The SMILES string of the molecule is CC(=O)[C@@]1(C#CCO)CC[C@H]2[C@@H]3CC(C)C4=CC(N=O)CCC4=C3C(c3ccc(N4CCCC4)cc3)C[C@@]21C. The van der Waals surface area contributed by atoms with Crippen molar-refractivity contribution in [3.05, 3.63) is 57.5 Å². The van der Waals surface area contributed by atoms with Crippen LogP contribution in [0.15, 0.2) is 52.2 Å². The van der Waals surface area contributed by atoms with E-state index in [1.807, 2.05) is 0 Å². The Labute approximate surface area is 233 Å². The second-order valence-corrected chi connectivity index (χ2v) is 13.0. The maximum atomic E-state index is 13.4. The average Bonchev–Trinajstić information content (AvgIpc) is 3.58. The molecule has 1 saturated heterocycles. The minimum Gasteiger partial charge on any atom is -0.384 e. The molecule has 0 aromatic heterocycles. The summed E-state index contributed by atoms with van der Waals surface area (Å²) in [5.74, 6) is 7.77. The summed E-state index contributed by atoms with van der Waals surface area (Å²) in [4.78, 5) is 27.4. The molecule has 206 valence electrons. The van der Waals surface area contributed by atoms with Crippen molar-refractivity contribution < 1.29 is 9.90 Å². The fraction of sp³-hybridized carbons (Fsp3) is 0.618. The first-order valence-corrected chi connectivity index (χ1v) is 15.1. The van der Waals surface area contributed by atoms with Crippen molar-refractivity contribution >= 4 is 11.5 Å². The lowest BCUT2D eigenvalue weighted by Crippen LogP contribution is -2.50. The lowest BCUT2D eigenvalue weighted by Gasteiger charge is -2.55. The summed E-state index contributed by atoms with van der Waals surface area (Å²) in [7, 11) is 0. The number of nitrogens with zero attached hydrogens (tertiary/aromatic N) is 2. The second-order valence-electron chi connectivity index (χ2n) is 13.0. The number of nitroso groups, excluding NO2 is 1. The van der Waals surface area contributed by atoms with Gasteiger partial charge in [-0.1, -0.05) is 54.6 Å². The molecule has 1 N–H and O–H groups in total. The molecule has 1 aromatic rings. The van der Waals surface area contributed by atoms with E-state index in [-0.39, 0.29) is 29.8 Å². The first-order valence-electron chi connectivity index (χ1n) is 15.1. The highest BCUT2D eigenvalue weighted by Crippen LogP contribution is 2.70. The first kappa shape index (κ1) is 26.5. The van der Waals surface area contributed by atoms with Gasteiger partial charge in [0.05, 0.1) is 5.41 Å². The monoisotopic (exact) mass is 526 g/mol. The molecular formula is C34H42N2O3. The second kappa shape index (κ2) is 10.0. The largest absolute Gasteiger partial charge is 0.384 e. The molecule has 0 amide bonds. The predicted molar refractivity (Wildman–Crippen MR) is 155 cm³/mol. The van der Waals surface area contributed by atoms with Gasteiger partial charge in [0.15, 0.2) is 0 Å². The molecule has 4 aliphatic carbocycles. The molecule has 1 heterocycles. The molecule has 5 heteroatoms. The van der Waals surface area contributed by atoms with Gasteiger partial charge in [-0.3, -0.25) is 4.79 Å². The molecule has 1 aliphatic heterocycles. The number of carbonyl (C=O) groups is 1. The van der Waals surface area contributed by atoms with Crippen LogP contribution in [0.25, 0.3) is 0 Å². The number of anilines is 1. The highest BCUT2D eigenvalue weighted by molar-refractivity contribution is 5.87. The van der Waals surface area contributed by atoms with Crippen molar-refractivity contribution in [3.8, 4) is 11.8 Å². The lowest BCUT2D eigenvalue weighted by atomic mass is 9.47. The maximum Gasteiger partial charge on any atom is 0.148 e. The summed E-state index contributed by atoms with van der Waals surface area (Å²) in [6.07, 6.45) is 10.0. The van der Waals surface area contributed by atoms with E-state index in [4.69, 9.17) is 0 Å². The molecule has 5 nitrogen and oxygen atoms in total. The Morgan fingerprint density at radius 3 is 2.59 bits per heavy atom. The Morgan fingerprint density at radius 1 is 1.18 bits per heavy atom. The van der Waals surface area contributed by atoms with Crippen LogP contribution in [0.5, 0.6) is 0 Å². The van der Waals surface area contributed by atoms with Crippen LogP contribution in [-0.2, 0) is 4.79 Å². The number of allylic oxidation sites excluding steroid dienone is 3. The number of aliphatic hydroxyl groups excluding tert-OH is 1. The van der Waals surface area contributed by atoms with E-state index in [1.165, 1.54) is 35.2 Å². The van der Waals surface area contributed by atoms with E-state index in [1.54, 1.807) is 12.5 Å². The summed E-state index contributed by atoms with van der Waals surface area (Å²) in [6.45, 7) is 8.39. The molecule has 39 heavy (non-hydrogen) atoms. The van der Waals surface area contributed by atoms with Crippen molar-refractivity contribution in [2.24, 2.45) is 33.8 Å². The molecule has 0 spiro atoms. The van der Waals surface area contributed by atoms with E-state index < -0.39 is 5.41 Å². The van der Waals surface area contributed by atoms with Crippen LogP contribution in [0.2, 0.25) is 0 Å². The summed E-state index contributed by atoms with van der Waals surface area (Å²) >= 11 is 0. The van der Waals surface area contributed by atoms with Crippen molar-refractivity contribution in [2.45, 2.75) is 84.1 Å². The van der Waals surface area contributed by atoms with Crippen LogP contribution < -0.4 is 4.90 Å². The molecule has 5 aliphatic rings. The van der Waals surface area contributed by atoms with E-state index >= 15 is 0 Å². The van der Waals surface area contributed by atoms with Gasteiger partial charge in [0.2, 0.25) is 0 Å². The average molecular weight is 527 g/mol. The Balaban J connectivity index is 1.50. The number of ketones is 1. The normalized spacial score (nSPS) is 37.3. The van der Waals surface area contributed by atoms with Gasteiger partial charge in [-0.05, 0) is 110 Å². The lowest BCUT2D eigenvalue weighted by molar-refractivity contribution is -0.130. The van der Waals surface area contributed by atoms with Crippen LogP contribution in [0.4, 0.5) is 5.69 Å². The third kappa shape index (κ3) is 4.05. The van der Waals surface area contributed by atoms with Crippen LogP contribution in [0.3, 0.4) is 0 Å². The third-order valence-electron chi connectivity index (χ3n) is 11.3. The van der Waals surface area contributed by atoms with Crippen molar-refractivity contribution in [3.63, 3.8) is 0 Å². The predicted octanol–water partition coefficient (Wildman–Crippen LogP) is 6.57. The molecule has 7 atom stereocenters.